The summed E-state index contributed by atoms with van der Waals surface area (Å²) in [5.41, 5.74) is 4.22. The highest BCUT2D eigenvalue weighted by atomic mass is 16.8. The first-order valence-corrected chi connectivity index (χ1v) is 26.8. The zero-order valence-electron chi connectivity index (χ0n) is 43.4. The number of unbranched alkanes of at least 4 members (excludes halogenated alkanes) is 2. The van der Waals surface area contributed by atoms with Crippen molar-refractivity contribution in [3.05, 3.63) is 11.6 Å². The number of fused-ring (bicyclic) bond motifs is 7. The molecule has 11 N–H and O–H groups in total. The van der Waals surface area contributed by atoms with Gasteiger partial charge in [-0.05, 0) is 130 Å². The van der Waals surface area contributed by atoms with E-state index in [0.29, 0.717) is 57.9 Å². The lowest BCUT2D eigenvalue weighted by Crippen LogP contribution is -2.68. The normalized spacial score (nSPS) is 50.0. The van der Waals surface area contributed by atoms with Gasteiger partial charge in [0.2, 0.25) is 12.2 Å². The van der Waals surface area contributed by atoms with E-state index in [4.69, 9.17) is 34.2 Å². The lowest BCUT2D eigenvalue weighted by molar-refractivity contribution is -0.369. The minimum atomic E-state index is -1.89. The van der Waals surface area contributed by atoms with Gasteiger partial charge in [-0.15, -0.1) is 0 Å². The fourth-order valence-corrected chi connectivity index (χ4v) is 15.6. The molecule has 1 amide bonds. The Morgan fingerprint density at radius 1 is 0.792 bits per heavy atom. The first kappa shape index (κ1) is 56.0. The van der Waals surface area contributed by atoms with Gasteiger partial charge in [0.1, 0.15) is 55.1 Å². The van der Waals surface area contributed by atoms with Gasteiger partial charge in [-0.25, -0.2) is 0 Å². The third-order valence-electron chi connectivity index (χ3n) is 20.3. The Labute approximate surface area is 423 Å². The van der Waals surface area contributed by atoms with Crippen LogP contribution in [0.5, 0.6) is 0 Å². The van der Waals surface area contributed by atoms with Crippen molar-refractivity contribution >= 4 is 18.2 Å². The van der Waals surface area contributed by atoms with Crippen molar-refractivity contribution in [2.24, 2.45) is 56.0 Å². The van der Waals surface area contributed by atoms with Crippen LogP contribution in [0.15, 0.2) is 11.6 Å². The van der Waals surface area contributed by atoms with Crippen LogP contribution in [0.4, 0.5) is 0 Å². The van der Waals surface area contributed by atoms with Crippen molar-refractivity contribution in [3.8, 4) is 0 Å². The Hall–Kier alpha value is -2.21. The molecule has 13 unspecified atom stereocenters. The second kappa shape index (κ2) is 21.0. The Bertz CT molecular complexity index is 1990. The maximum absolute atomic E-state index is 15.5. The molecule has 72 heavy (non-hydrogen) atoms. The summed E-state index contributed by atoms with van der Waals surface area (Å²) in [6.45, 7) is 14.4. The van der Waals surface area contributed by atoms with Crippen molar-refractivity contribution in [2.45, 2.75) is 230 Å². The van der Waals surface area contributed by atoms with Gasteiger partial charge in [0.15, 0.2) is 18.7 Å². The van der Waals surface area contributed by atoms with Crippen molar-refractivity contribution in [1.29, 1.82) is 0 Å². The second-order valence-corrected chi connectivity index (χ2v) is 24.9. The average molecular weight is 1020 g/mol. The van der Waals surface area contributed by atoms with Gasteiger partial charge in [0.05, 0.1) is 42.3 Å². The third-order valence-corrected chi connectivity index (χ3v) is 20.3. The lowest BCUT2D eigenvalue weighted by atomic mass is 9.33. The molecule has 23 atom stereocenters. The molecule has 7 fully saturated rings. The largest absolute Gasteiger partial charge is 0.432 e. The molecule has 0 spiro atoms. The van der Waals surface area contributed by atoms with Crippen molar-refractivity contribution in [3.63, 3.8) is 0 Å². The van der Waals surface area contributed by atoms with Crippen LogP contribution < -0.4 is 11.1 Å². The van der Waals surface area contributed by atoms with Gasteiger partial charge < -0.3 is 85.1 Å². The molecule has 0 bridgehead atoms. The van der Waals surface area contributed by atoms with E-state index < -0.39 is 121 Å². The van der Waals surface area contributed by atoms with Gasteiger partial charge in [-0.3, -0.25) is 9.59 Å². The van der Waals surface area contributed by atoms with Crippen molar-refractivity contribution < 1.29 is 83.7 Å². The maximum atomic E-state index is 15.5. The van der Waals surface area contributed by atoms with Crippen LogP contribution in [-0.2, 0) is 42.8 Å². The highest BCUT2D eigenvalue weighted by Crippen LogP contribution is 2.76. The Kier molecular flexibility index (Phi) is 16.3. The fourth-order valence-electron chi connectivity index (χ4n) is 15.6. The molecule has 0 aromatic rings. The molecule has 8 aliphatic rings. The summed E-state index contributed by atoms with van der Waals surface area (Å²) >= 11 is 0. The van der Waals surface area contributed by atoms with E-state index in [1.165, 1.54) is 12.5 Å². The average Bonchev–Trinajstić information content (AvgIpc) is 3.33. The number of carbonyl (C=O) groups is 3. The molecule has 19 nitrogen and oxygen atoms in total. The minimum Gasteiger partial charge on any atom is -0.432 e. The molecule has 0 radical (unpaired) electrons. The summed E-state index contributed by atoms with van der Waals surface area (Å²) in [5, 5.41) is 90.8. The molecular formula is C53H86N2O17. The van der Waals surface area contributed by atoms with Gasteiger partial charge in [0.25, 0.3) is 0 Å². The zero-order valence-corrected chi connectivity index (χ0v) is 43.4. The van der Waals surface area contributed by atoms with E-state index >= 15 is 4.79 Å². The minimum absolute atomic E-state index is 0.0320. The zero-order chi connectivity index (χ0) is 52.5. The van der Waals surface area contributed by atoms with Crippen LogP contribution in [0.25, 0.3) is 0 Å². The molecule has 3 aliphatic heterocycles. The van der Waals surface area contributed by atoms with Gasteiger partial charge >= 0.3 is 5.97 Å². The second-order valence-electron chi connectivity index (χ2n) is 24.9. The van der Waals surface area contributed by atoms with Crippen LogP contribution in [0, 0.1) is 50.2 Å². The molecule has 5 aliphatic carbocycles. The number of nitrogens with two attached hydrogens (primary N) is 1. The topological polar surface area (TPSA) is 306 Å². The van der Waals surface area contributed by atoms with E-state index in [0.717, 1.165) is 38.4 Å². The number of aliphatic hydroxyl groups is 8. The van der Waals surface area contributed by atoms with E-state index in [1.54, 1.807) is 0 Å². The molecule has 410 valence electrons. The molecule has 0 aromatic heterocycles. The number of allylic oxidation sites excluding steroid dienone is 2. The van der Waals surface area contributed by atoms with Crippen LogP contribution in [0.3, 0.4) is 0 Å². The first-order valence-electron chi connectivity index (χ1n) is 26.8. The van der Waals surface area contributed by atoms with E-state index in [2.05, 4.69) is 46.0 Å². The number of aldehydes is 1. The number of amides is 1. The molecule has 3 saturated heterocycles. The number of hydrogen-bond acceptors (Lipinski definition) is 18. The summed E-state index contributed by atoms with van der Waals surface area (Å²) in [6, 6.07) is -1.28. The number of nitrogens with one attached hydrogen (secondary N) is 1. The summed E-state index contributed by atoms with van der Waals surface area (Å²) in [6.07, 6.45) is -8.70. The highest BCUT2D eigenvalue weighted by molar-refractivity contribution is 5.79. The Balaban J connectivity index is 1.08. The number of rotatable bonds is 14. The van der Waals surface area contributed by atoms with Crippen molar-refractivity contribution in [1.82, 2.24) is 5.32 Å². The van der Waals surface area contributed by atoms with E-state index in [-0.39, 0.29) is 52.4 Å². The predicted molar refractivity (Wildman–Crippen MR) is 257 cm³/mol. The summed E-state index contributed by atoms with van der Waals surface area (Å²) in [5.74, 6) is -0.967. The van der Waals surface area contributed by atoms with E-state index in [9.17, 15) is 50.4 Å². The van der Waals surface area contributed by atoms with Crippen LogP contribution in [0.2, 0.25) is 0 Å². The summed E-state index contributed by atoms with van der Waals surface area (Å²) in [7, 11) is 0. The highest BCUT2D eigenvalue weighted by Gasteiger charge is 2.70. The summed E-state index contributed by atoms with van der Waals surface area (Å²) in [4.78, 5) is 41.6. The SMILES string of the molecule is CC1OC(OC2C(O)[C@@H](NC(=O)CCCCCN)C(CO)O[C@H]2OC(=O)[C@]23CCC(C)(C)CC2C2=CCC4C5(C)CC[C@H](O)[C@](C)(C=O)[C@@H]5CCC4(C)[C@]2(C)CC3)C(O)C(O)[C@H]1O[C@@H]1OC[C@@H](O)C(O)C1O. The first-order chi connectivity index (χ1) is 33.9. The smallest absolute Gasteiger partial charge is 0.315 e. The van der Waals surface area contributed by atoms with Gasteiger partial charge in [-0.1, -0.05) is 59.6 Å². The monoisotopic (exact) mass is 1020 g/mol. The van der Waals surface area contributed by atoms with Crippen molar-refractivity contribution in [2.75, 3.05) is 19.8 Å². The number of hydrogen-bond donors (Lipinski definition) is 10. The number of esters is 1. The Morgan fingerprint density at radius 2 is 1.49 bits per heavy atom. The van der Waals surface area contributed by atoms with Gasteiger partial charge in [0, 0.05) is 6.42 Å². The predicted octanol–water partition coefficient (Wildman–Crippen LogP) is 1.63. The number of carbonyl (C=O) groups excluding carboxylic acids is 3. The molecule has 4 saturated carbocycles. The van der Waals surface area contributed by atoms with Gasteiger partial charge in [-0.2, -0.15) is 0 Å². The Morgan fingerprint density at radius 3 is 2.18 bits per heavy atom. The van der Waals surface area contributed by atoms with E-state index in [1.807, 2.05) is 6.92 Å². The third kappa shape index (κ3) is 9.46. The lowest BCUT2D eigenvalue weighted by Gasteiger charge is -2.71. The molecule has 3 heterocycles. The maximum Gasteiger partial charge on any atom is 0.315 e. The fraction of sp³-hybridized carbons (Fsp3) is 0.906. The molecule has 0 aromatic carbocycles. The van der Waals surface area contributed by atoms with Crippen LogP contribution in [-0.4, -0.2) is 171 Å². The number of ether oxygens (including phenoxy) is 6. The molecular weight excluding hydrogens is 937 g/mol. The quantitative estimate of drug-likeness (QED) is 0.0512. The van der Waals surface area contributed by atoms with Crippen LogP contribution >= 0.6 is 0 Å². The molecule has 19 heteroatoms. The number of aliphatic hydroxyl groups excluding tert-OH is 8. The van der Waals surface area contributed by atoms with Crippen LogP contribution in [0.1, 0.15) is 138 Å². The standard InChI is InChI=1S/C53H86N2O17/c1-27-42(70-44-40(64)37(61)30(58)25-67-44)39(63)41(65)45(68-27)71-43-38(62)36(55-35(60)11-9-8-10-22-54)31(24-56)69-46(43)72-47(66)53-20-18-48(2,3)23-29(53)28-12-13-33-49(4)16-15-34(59)50(5,26-57)32(49)14-17-52(33,7)51(28,6)19-21-53/h12,26-27,29-34,36-46,56,58-59,61-65H,8-11,13-25,54H2,1-7H3,(H,55,60)/t27?,29?,30-,31?,32-,33?,34+,36+,37?,38?,39?,40?,41?,42+,43?,44+,45?,46+,49?,50-,51-,52?,53+/m1/s1. The summed E-state index contributed by atoms with van der Waals surface area (Å²) < 4.78 is 36.5. The molecule has 8 rings (SSSR count).